The lowest BCUT2D eigenvalue weighted by atomic mass is 9.88. The van der Waals surface area contributed by atoms with Gasteiger partial charge in [-0.1, -0.05) is 30.3 Å². The monoisotopic (exact) mass is 218 g/mol. The molecule has 0 amide bonds. The fourth-order valence-electron chi connectivity index (χ4n) is 2.40. The van der Waals surface area contributed by atoms with Gasteiger partial charge in [0.05, 0.1) is 0 Å². The van der Waals surface area contributed by atoms with E-state index >= 15 is 0 Å². The number of hydrogen-bond donors (Lipinski definition) is 1. The minimum absolute atomic E-state index is 0.283. The van der Waals surface area contributed by atoms with Gasteiger partial charge in [-0.25, -0.2) is 0 Å². The predicted octanol–water partition coefficient (Wildman–Crippen LogP) is 2.39. The highest BCUT2D eigenvalue weighted by molar-refractivity contribution is 5.15. The van der Waals surface area contributed by atoms with Gasteiger partial charge in [0.15, 0.2) is 0 Å². The second-order valence-corrected chi connectivity index (χ2v) is 5.48. The number of nitrogens with two attached hydrogens (primary N) is 1. The lowest BCUT2D eigenvalue weighted by Gasteiger charge is -2.44. The molecule has 0 radical (unpaired) electrons. The van der Waals surface area contributed by atoms with Gasteiger partial charge in [-0.2, -0.15) is 0 Å². The smallest absolute Gasteiger partial charge is 0.0239 e. The zero-order valence-electron chi connectivity index (χ0n) is 10.3. The van der Waals surface area contributed by atoms with Crippen molar-refractivity contribution in [3.05, 3.63) is 35.9 Å². The van der Waals surface area contributed by atoms with Crippen LogP contribution in [0.1, 0.15) is 32.3 Å². The Kier molecular flexibility index (Phi) is 3.31. The Balaban J connectivity index is 2.07. The lowest BCUT2D eigenvalue weighted by molar-refractivity contribution is 0.0586. The average molecular weight is 218 g/mol. The molecule has 0 bridgehead atoms. The molecule has 2 N–H and O–H groups in total. The van der Waals surface area contributed by atoms with Crippen molar-refractivity contribution in [1.82, 2.24) is 4.90 Å². The molecular formula is C14H22N2. The molecule has 2 rings (SSSR count). The zero-order chi connectivity index (χ0) is 11.6. The molecule has 2 nitrogen and oxygen atoms in total. The fourth-order valence-corrected chi connectivity index (χ4v) is 2.40. The summed E-state index contributed by atoms with van der Waals surface area (Å²) >= 11 is 0. The molecule has 0 saturated carbocycles. The Labute approximate surface area is 98.4 Å². The van der Waals surface area contributed by atoms with Crippen LogP contribution < -0.4 is 5.73 Å². The van der Waals surface area contributed by atoms with Crippen molar-refractivity contribution < 1.29 is 0 Å². The molecule has 1 unspecified atom stereocenters. The maximum atomic E-state index is 6.06. The number of piperidine rings is 1. The van der Waals surface area contributed by atoms with Crippen LogP contribution in [-0.4, -0.2) is 23.0 Å². The maximum Gasteiger partial charge on any atom is 0.0239 e. The largest absolute Gasteiger partial charge is 0.327 e. The van der Waals surface area contributed by atoms with Crippen LogP contribution in [0.15, 0.2) is 30.3 Å². The van der Waals surface area contributed by atoms with E-state index in [1.807, 2.05) is 0 Å². The van der Waals surface area contributed by atoms with Crippen molar-refractivity contribution in [3.63, 3.8) is 0 Å². The van der Waals surface area contributed by atoms with Crippen molar-refractivity contribution in [3.8, 4) is 0 Å². The third-order valence-corrected chi connectivity index (χ3v) is 3.65. The van der Waals surface area contributed by atoms with Gasteiger partial charge in [0.25, 0.3) is 0 Å². The van der Waals surface area contributed by atoms with Gasteiger partial charge in [-0.3, -0.25) is 4.90 Å². The van der Waals surface area contributed by atoms with Gasteiger partial charge in [0.1, 0.15) is 0 Å². The van der Waals surface area contributed by atoms with E-state index in [4.69, 9.17) is 5.73 Å². The lowest BCUT2D eigenvalue weighted by Crippen LogP contribution is -2.53. The molecule has 0 spiro atoms. The maximum absolute atomic E-state index is 6.06. The number of likely N-dealkylation sites (tertiary alicyclic amines) is 1. The second-order valence-electron chi connectivity index (χ2n) is 5.48. The Bertz CT molecular complexity index is 332. The third-order valence-electron chi connectivity index (χ3n) is 3.65. The van der Waals surface area contributed by atoms with E-state index in [1.54, 1.807) is 0 Å². The molecule has 1 heterocycles. The minimum atomic E-state index is 0.283. The number of rotatable bonds is 2. The SMILES string of the molecule is CC1(C)CCC(N)CN1Cc1ccccc1. The highest BCUT2D eigenvalue weighted by atomic mass is 15.2. The number of hydrogen-bond acceptors (Lipinski definition) is 2. The first-order chi connectivity index (χ1) is 7.58. The van der Waals surface area contributed by atoms with E-state index in [-0.39, 0.29) is 5.54 Å². The minimum Gasteiger partial charge on any atom is -0.327 e. The average Bonchev–Trinajstić information content (AvgIpc) is 2.26. The van der Waals surface area contributed by atoms with Crippen molar-refractivity contribution in [2.75, 3.05) is 6.54 Å². The highest BCUT2D eigenvalue weighted by Crippen LogP contribution is 2.28. The normalized spacial score (nSPS) is 25.6. The van der Waals surface area contributed by atoms with E-state index < -0.39 is 0 Å². The molecule has 0 aromatic heterocycles. The van der Waals surface area contributed by atoms with Gasteiger partial charge in [0, 0.05) is 24.7 Å². The fraction of sp³-hybridized carbons (Fsp3) is 0.571. The zero-order valence-corrected chi connectivity index (χ0v) is 10.3. The summed E-state index contributed by atoms with van der Waals surface area (Å²) in [5.74, 6) is 0. The number of nitrogens with zero attached hydrogens (tertiary/aromatic N) is 1. The Morgan fingerprint density at radius 2 is 2.00 bits per heavy atom. The number of benzene rings is 1. The highest BCUT2D eigenvalue weighted by Gasteiger charge is 2.32. The molecule has 1 aliphatic rings. The van der Waals surface area contributed by atoms with Crippen LogP contribution >= 0.6 is 0 Å². The molecule has 1 fully saturated rings. The van der Waals surface area contributed by atoms with E-state index in [0.29, 0.717) is 6.04 Å². The van der Waals surface area contributed by atoms with Crippen LogP contribution in [0.5, 0.6) is 0 Å². The molecular weight excluding hydrogens is 196 g/mol. The molecule has 1 aromatic rings. The molecule has 1 aliphatic heterocycles. The summed E-state index contributed by atoms with van der Waals surface area (Å²) in [4.78, 5) is 2.51. The van der Waals surface area contributed by atoms with Crippen LogP contribution in [-0.2, 0) is 6.54 Å². The standard InChI is InChI=1S/C14H22N2/c1-14(2)9-8-13(15)11-16(14)10-12-6-4-3-5-7-12/h3-7,13H,8-11,15H2,1-2H3. The first-order valence-corrected chi connectivity index (χ1v) is 6.12. The molecule has 2 heteroatoms. The summed E-state index contributed by atoms with van der Waals surface area (Å²) in [5, 5.41) is 0. The predicted molar refractivity (Wildman–Crippen MR) is 68.1 cm³/mol. The van der Waals surface area contributed by atoms with Crippen LogP contribution in [0, 0.1) is 0 Å². The van der Waals surface area contributed by atoms with E-state index in [2.05, 4.69) is 49.1 Å². The van der Waals surface area contributed by atoms with Gasteiger partial charge < -0.3 is 5.73 Å². The van der Waals surface area contributed by atoms with E-state index in [1.165, 1.54) is 12.0 Å². The first kappa shape index (κ1) is 11.6. The van der Waals surface area contributed by atoms with E-state index in [0.717, 1.165) is 19.5 Å². The molecule has 1 aromatic carbocycles. The van der Waals surface area contributed by atoms with Gasteiger partial charge >= 0.3 is 0 Å². The van der Waals surface area contributed by atoms with Gasteiger partial charge in [0.2, 0.25) is 0 Å². The van der Waals surface area contributed by atoms with Crippen LogP contribution in [0.25, 0.3) is 0 Å². The van der Waals surface area contributed by atoms with Gasteiger partial charge in [-0.05, 0) is 32.3 Å². The first-order valence-electron chi connectivity index (χ1n) is 6.12. The summed E-state index contributed by atoms with van der Waals surface area (Å²) in [6.07, 6.45) is 2.35. The van der Waals surface area contributed by atoms with Crippen LogP contribution in [0.4, 0.5) is 0 Å². The van der Waals surface area contributed by atoms with Gasteiger partial charge in [-0.15, -0.1) is 0 Å². The summed E-state index contributed by atoms with van der Waals surface area (Å²) in [7, 11) is 0. The summed E-state index contributed by atoms with van der Waals surface area (Å²) < 4.78 is 0. The topological polar surface area (TPSA) is 29.3 Å². The van der Waals surface area contributed by atoms with E-state index in [9.17, 15) is 0 Å². The summed E-state index contributed by atoms with van der Waals surface area (Å²) in [6, 6.07) is 11.0. The quantitative estimate of drug-likeness (QED) is 0.826. The summed E-state index contributed by atoms with van der Waals surface area (Å²) in [6.45, 7) is 6.67. The molecule has 16 heavy (non-hydrogen) atoms. The van der Waals surface area contributed by atoms with Crippen molar-refractivity contribution in [2.45, 2.75) is 44.8 Å². The molecule has 1 saturated heterocycles. The Morgan fingerprint density at radius 3 is 2.69 bits per heavy atom. The van der Waals surface area contributed by atoms with Crippen molar-refractivity contribution in [2.24, 2.45) is 5.73 Å². The Morgan fingerprint density at radius 1 is 1.31 bits per heavy atom. The van der Waals surface area contributed by atoms with Crippen LogP contribution in [0.2, 0.25) is 0 Å². The second kappa shape index (κ2) is 4.56. The molecule has 88 valence electrons. The molecule has 1 atom stereocenters. The third kappa shape index (κ3) is 2.63. The van der Waals surface area contributed by atoms with Crippen LogP contribution in [0.3, 0.4) is 0 Å². The van der Waals surface area contributed by atoms with Crippen molar-refractivity contribution >= 4 is 0 Å². The summed E-state index contributed by atoms with van der Waals surface area (Å²) in [5.41, 5.74) is 7.72. The Hall–Kier alpha value is -0.860. The van der Waals surface area contributed by atoms with Crippen molar-refractivity contribution in [1.29, 1.82) is 0 Å². The molecule has 0 aliphatic carbocycles.